The van der Waals surface area contributed by atoms with Crippen LogP contribution in [0, 0.1) is 5.92 Å². The fourth-order valence-electron chi connectivity index (χ4n) is 4.23. The van der Waals surface area contributed by atoms with Crippen molar-refractivity contribution in [1.29, 1.82) is 0 Å². The minimum atomic E-state index is -4.31. The van der Waals surface area contributed by atoms with Gasteiger partial charge in [-0.3, -0.25) is 10.1 Å². The molecular formula is C22H29N9O6S3. The van der Waals surface area contributed by atoms with E-state index in [2.05, 4.69) is 35.9 Å². The molecule has 3 aromatic rings. The summed E-state index contributed by atoms with van der Waals surface area (Å²) in [5.74, 6) is -0.168. The average Bonchev–Trinajstić information content (AvgIpc) is 3.63. The third-order valence-electron chi connectivity index (χ3n) is 6.21. The smallest absolute Gasteiger partial charge is 0.325 e. The van der Waals surface area contributed by atoms with Gasteiger partial charge in [-0.05, 0) is 41.5 Å². The zero-order chi connectivity index (χ0) is 29.2. The predicted octanol–water partition coefficient (Wildman–Crippen LogP) is 1.63. The van der Waals surface area contributed by atoms with Gasteiger partial charge in [0.2, 0.25) is 10.0 Å². The quantitative estimate of drug-likeness (QED) is 0.282. The molecule has 1 aliphatic rings. The summed E-state index contributed by atoms with van der Waals surface area (Å²) in [6.07, 6.45) is 4.45. The second-order valence-electron chi connectivity index (χ2n) is 9.48. The number of nitrogens with one attached hydrogen (secondary N) is 3. The lowest BCUT2D eigenvalue weighted by atomic mass is 9.94. The first-order valence-corrected chi connectivity index (χ1v) is 16.3. The number of benzene rings is 1. The summed E-state index contributed by atoms with van der Waals surface area (Å²) in [7, 11) is -2.97. The Morgan fingerprint density at radius 3 is 2.42 bits per heavy atom. The SMILES string of the molecule is CN(C)c1ccc(NC(=O)Nc2nc(CNS(C)(=O)=O)c(S(=O)(=O)c3nnnn3C)s2)c(C(=O)C2CCCC2)c1. The topological polar surface area (TPSA) is 198 Å². The highest BCUT2D eigenvalue weighted by atomic mass is 32.2. The van der Waals surface area contributed by atoms with E-state index in [4.69, 9.17) is 0 Å². The zero-order valence-corrected chi connectivity index (χ0v) is 24.7. The number of aryl methyl sites for hydroxylation is 1. The van der Waals surface area contributed by atoms with E-state index in [1.807, 2.05) is 19.0 Å². The van der Waals surface area contributed by atoms with Crippen molar-refractivity contribution in [3.63, 3.8) is 0 Å². The van der Waals surface area contributed by atoms with Crippen molar-refractivity contribution in [2.75, 3.05) is 35.9 Å². The van der Waals surface area contributed by atoms with Gasteiger partial charge in [0, 0.05) is 38.3 Å². The van der Waals surface area contributed by atoms with E-state index in [0.717, 1.165) is 42.3 Å². The molecule has 0 spiro atoms. The predicted molar refractivity (Wildman–Crippen MR) is 148 cm³/mol. The molecule has 0 bridgehead atoms. The number of carbonyl (C=O) groups is 2. The maximum atomic E-state index is 13.3. The number of hydrogen-bond donors (Lipinski definition) is 3. The number of aromatic nitrogens is 5. The first-order chi connectivity index (χ1) is 18.8. The van der Waals surface area contributed by atoms with Crippen molar-refractivity contribution in [2.45, 2.75) is 41.6 Å². The molecule has 216 valence electrons. The molecule has 0 unspecified atom stereocenters. The number of sulfone groups is 1. The Morgan fingerprint density at radius 1 is 1.12 bits per heavy atom. The van der Waals surface area contributed by atoms with Gasteiger partial charge in [0.15, 0.2) is 15.1 Å². The van der Waals surface area contributed by atoms with Crippen LogP contribution in [0.25, 0.3) is 0 Å². The van der Waals surface area contributed by atoms with Crippen molar-refractivity contribution in [3.05, 3.63) is 29.5 Å². The Bertz CT molecular complexity index is 1640. The molecule has 1 saturated carbocycles. The van der Waals surface area contributed by atoms with Crippen molar-refractivity contribution in [1.82, 2.24) is 29.9 Å². The zero-order valence-electron chi connectivity index (χ0n) is 22.2. The highest BCUT2D eigenvalue weighted by Gasteiger charge is 2.32. The number of tetrazole rings is 1. The number of sulfonamides is 1. The number of rotatable bonds is 10. The number of hydrogen-bond acceptors (Lipinski definition) is 12. The molecule has 0 aliphatic heterocycles. The van der Waals surface area contributed by atoms with Gasteiger partial charge in [-0.25, -0.2) is 36.0 Å². The van der Waals surface area contributed by atoms with Crippen LogP contribution in [0.1, 0.15) is 41.7 Å². The van der Waals surface area contributed by atoms with Gasteiger partial charge in [-0.15, -0.1) is 0 Å². The van der Waals surface area contributed by atoms with E-state index in [1.54, 1.807) is 18.2 Å². The lowest BCUT2D eigenvalue weighted by molar-refractivity contribution is 0.0923. The lowest BCUT2D eigenvalue weighted by Crippen LogP contribution is -2.23. The lowest BCUT2D eigenvalue weighted by Gasteiger charge is -2.18. The Morgan fingerprint density at radius 2 is 1.82 bits per heavy atom. The minimum Gasteiger partial charge on any atom is -0.378 e. The first kappa shape index (κ1) is 29.5. The Labute approximate surface area is 235 Å². The van der Waals surface area contributed by atoms with Crippen LogP contribution < -0.4 is 20.3 Å². The number of anilines is 3. The maximum absolute atomic E-state index is 13.3. The number of ketones is 1. The summed E-state index contributed by atoms with van der Waals surface area (Å²) in [5, 5.41) is 15.0. The monoisotopic (exact) mass is 611 g/mol. The normalized spacial score (nSPS) is 14.3. The molecule has 0 saturated heterocycles. The number of nitrogens with zero attached hydrogens (tertiary/aromatic N) is 6. The van der Waals surface area contributed by atoms with E-state index >= 15 is 0 Å². The first-order valence-electron chi connectivity index (χ1n) is 12.1. The molecule has 2 aromatic heterocycles. The summed E-state index contributed by atoms with van der Waals surface area (Å²) in [6, 6.07) is 4.36. The molecule has 0 radical (unpaired) electrons. The van der Waals surface area contributed by atoms with Crippen LogP contribution in [0.15, 0.2) is 27.6 Å². The van der Waals surface area contributed by atoms with Crippen LogP contribution in [-0.2, 0) is 33.5 Å². The van der Waals surface area contributed by atoms with Crippen LogP contribution in [0.3, 0.4) is 0 Å². The van der Waals surface area contributed by atoms with Gasteiger partial charge in [0.25, 0.3) is 15.0 Å². The third-order valence-corrected chi connectivity index (χ3v) is 10.1. The van der Waals surface area contributed by atoms with Gasteiger partial charge >= 0.3 is 6.03 Å². The van der Waals surface area contributed by atoms with Gasteiger partial charge in [0.1, 0.15) is 0 Å². The fraction of sp³-hybridized carbons (Fsp3) is 0.455. The van der Waals surface area contributed by atoms with E-state index in [9.17, 15) is 26.4 Å². The van der Waals surface area contributed by atoms with Crippen molar-refractivity contribution < 1.29 is 26.4 Å². The van der Waals surface area contributed by atoms with Crippen LogP contribution in [0.2, 0.25) is 0 Å². The molecule has 40 heavy (non-hydrogen) atoms. The summed E-state index contributed by atoms with van der Waals surface area (Å²) in [5.41, 5.74) is 1.32. The van der Waals surface area contributed by atoms with Crippen molar-refractivity contribution in [2.24, 2.45) is 13.0 Å². The van der Waals surface area contributed by atoms with E-state index < -0.39 is 37.6 Å². The Balaban J connectivity index is 1.62. The fourth-order valence-corrected chi connectivity index (χ4v) is 7.36. The number of urea groups is 1. The van der Waals surface area contributed by atoms with Crippen LogP contribution >= 0.6 is 11.3 Å². The molecule has 2 amide bonds. The van der Waals surface area contributed by atoms with Gasteiger partial charge in [0.05, 0.1) is 24.2 Å². The van der Waals surface area contributed by atoms with Crippen molar-refractivity contribution >= 4 is 59.5 Å². The van der Waals surface area contributed by atoms with Crippen LogP contribution in [-0.4, -0.2) is 74.2 Å². The summed E-state index contributed by atoms with van der Waals surface area (Å²) in [6.45, 7) is -0.454. The van der Waals surface area contributed by atoms with Crippen LogP contribution in [0.5, 0.6) is 0 Å². The molecule has 3 N–H and O–H groups in total. The molecular weight excluding hydrogens is 583 g/mol. The second-order valence-corrected chi connectivity index (χ2v) is 14.4. The molecule has 15 nitrogen and oxygen atoms in total. The Hall–Kier alpha value is -3.48. The Kier molecular flexibility index (Phi) is 8.52. The van der Waals surface area contributed by atoms with E-state index in [1.165, 1.54) is 7.05 Å². The molecule has 0 atom stereocenters. The molecule has 1 aromatic carbocycles. The summed E-state index contributed by atoms with van der Waals surface area (Å²) >= 11 is 0.612. The average molecular weight is 612 g/mol. The second kappa shape index (κ2) is 11.6. The molecule has 4 rings (SSSR count). The van der Waals surface area contributed by atoms with Gasteiger partial charge in [-0.1, -0.05) is 29.3 Å². The van der Waals surface area contributed by atoms with Crippen molar-refractivity contribution in [3.8, 4) is 0 Å². The number of carbonyl (C=O) groups excluding carboxylic acids is 2. The number of amides is 2. The number of thiazole rings is 1. The molecule has 2 heterocycles. The summed E-state index contributed by atoms with van der Waals surface area (Å²) < 4.78 is 52.6. The number of Topliss-reactive ketones (excluding diaryl/α,β-unsaturated/α-hetero) is 1. The van der Waals surface area contributed by atoms with Gasteiger partial charge in [-0.2, -0.15) is 0 Å². The largest absolute Gasteiger partial charge is 0.378 e. The van der Waals surface area contributed by atoms with E-state index in [-0.39, 0.29) is 26.7 Å². The van der Waals surface area contributed by atoms with Crippen LogP contribution in [0.4, 0.5) is 21.3 Å². The molecule has 1 aliphatic carbocycles. The molecule has 1 fully saturated rings. The standard InChI is InChI=1S/C22H29N9O6S3/c1-30(2)14-9-10-16(15(11-14)18(32)13-7-5-6-8-13)24-20(33)26-21-25-17(12-23-39(4,34)35)19(38-21)40(36,37)22-27-28-29-31(22)3/h9-11,13,23H,5-8,12H2,1-4H3,(H2,24,25,26,33). The highest BCUT2D eigenvalue weighted by molar-refractivity contribution is 7.93. The minimum absolute atomic E-state index is 0.0504. The molecule has 18 heteroatoms. The maximum Gasteiger partial charge on any atom is 0.325 e. The third kappa shape index (κ3) is 6.62. The van der Waals surface area contributed by atoms with E-state index in [0.29, 0.717) is 22.6 Å². The van der Waals surface area contributed by atoms with Gasteiger partial charge < -0.3 is 10.2 Å². The highest BCUT2D eigenvalue weighted by Crippen LogP contribution is 2.34. The summed E-state index contributed by atoms with van der Waals surface area (Å²) in [4.78, 5) is 32.3.